The smallest absolute Gasteiger partial charge is 0.0831 e. The fraction of sp³-hybridized carbons (Fsp3) is 0.833. The van der Waals surface area contributed by atoms with Gasteiger partial charge in [0, 0.05) is 12.5 Å². The molecular weight excluding hydrogens is 218 g/mol. The SMILES string of the molecule is CCCNCc1snnc1C1CCCCC1. The van der Waals surface area contributed by atoms with E-state index in [1.165, 1.54) is 49.1 Å². The van der Waals surface area contributed by atoms with Crippen molar-refractivity contribution in [2.24, 2.45) is 0 Å². The highest BCUT2D eigenvalue weighted by molar-refractivity contribution is 7.05. The minimum Gasteiger partial charge on any atom is -0.312 e. The molecule has 1 aliphatic rings. The summed E-state index contributed by atoms with van der Waals surface area (Å²) in [5.41, 5.74) is 1.29. The average Bonchev–Trinajstić information content (AvgIpc) is 2.79. The molecule has 16 heavy (non-hydrogen) atoms. The number of rotatable bonds is 5. The van der Waals surface area contributed by atoms with Gasteiger partial charge in [0.2, 0.25) is 0 Å². The lowest BCUT2D eigenvalue weighted by Gasteiger charge is -2.20. The van der Waals surface area contributed by atoms with E-state index in [0.717, 1.165) is 13.1 Å². The zero-order valence-electron chi connectivity index (χ0n) is 10.0. The zero-order valence-corrected chi connectivity index (χ0v) is 10.9. The Morgan fingerprint density at radius 1 is 1.31 bits per heavy atom. The second kappa shape index (κ2) is 6.30. The molecule has 1 heterocycles. The predicted octanol–water partition coefficient (Wildman–Crippen LogP) is 3.09. The number of hydrogen-bond donors (Lipinski definition) is 1. The van der Waals surface area contributed by atoms with E-state index in [-0.39, 0.29) is 0 Å². The predicted molar refractivity (Wildman–Crippen MR) is 67.7 cm³/mol. The van der Waals surface area contributed by atoms with Crippen LogP contribution in [0.5, 0.6) is 0 Å². The number of nitrogens with zero attached hydrogens (tertiary/aromatic N) is 2. The van der Waals surface area contributed by atoms with Crippen LogP contribution in [0.1, 0.15) is 61.9 Å². The fourth-order valence-corrected chi connectivity index (χ4v) is 3.10. The minimum absolute atomic E-state index is 0.686. The number of nitrogens with one attached hydrogen (secondary N) is 1. The maximum Gasteiger partial charge on any atom is 0.0831 e. The van der Waals surface area contributed by atoms with Crippen molar-refractivity contribution in [2.75, 3.05) is 6.54 Å². The second-order valence-corrected chi connectivity index (χ2v) is 5.43. The van der Waals surface area contributed by atoms with Crippen molar-refractivity contribution in [3.8, 4) is 0 Å². The summed E-state index contributed by atoms with van der Waals surface area (Å²) in [5.74, 6) is 0.686. The Kier molecular flexibility index (Phi) is 4.72. The van der Waals surface area contributed by atoms with Crippen molar-refractivity contribution in [1.29, 1.82) is 0 Å². The average molecular weight is 239 g/mol. The summed E-state index contributed by atoms with van der Waals surface area (Å²) in [4.78, 5) is 1.36. The van der Waals surface area contributed by atoms with Crippen LogP contribution in [0.3, 0.4) is 0 Å². The van der Waals surface area contributed by atoms with Crippen LogP contribution in [0.25, 0.3) is 0 Å². The second-order valence-electron chi connectivity index (χ2n) is 4.59. The molecule has 3 nitrogen and oxygen atoms in total. The van der Waals surface area contributed by atoms with Gasteiger partial charge in [-0.05, 0) is 37.3 Å². The summed E-state index contributed by atoms with van der Waals surface area (Å²) < 4.78 is 4.13. The highest BCUT2D eigenvalue weighted by Crippen LogP contribution is 2.33. The first-order chi connectivity index (χ1) is 7.92. The molecule has 90 valence electrons. The van der Waals surface area contributed by atoms with Gasteiger partial charge in [-0.25, -0.2) is 0 Å². The van der Waals surface area contributed by atoms with Crippen molar-refractivity contribution < 1.29 is 0 Å². The lowest BCUT2D eigenvalue weighted by molar-refractivity contribution is 0.433. The number of hydrogen-bond acceptors (Lipinski definition) is 4. The summed E-state index contributed by atoms with van der Waals surface area (Å²) in [7, 11) is 0. The van der Waals surface area contributed by atoms with Crippen LogP contribution in [-0.2, 0) is 6.54 Å². The third-order valence-corrected chi connectivity index (χ3v) is 4.03. The molecule has 0 radical (unpaired) electrons. The monoisotopic (exact) mass is 239 g/mol. The van der Waals surface area contributed by atoms with Gasteiger partial charge in [0.25, 0.3) is 0 Å². The maximum atomic E-state index is 4.35. The first kappa shape index (κ1) is 12.0. The van der Waals surface area contributed by atoms with Gasteiger partial charge < -0.3 is 5.32 Å². The molecule has 4 heteroatoms. The third kappa shape index (κ3) is 3.01. The lowest BCUT2D eigenvalue weighted by Crippen LogP contribution is -2.15. The standard InChI is InChI=1S/C12H21N3S/c1-2-8-13-9-11-12(14-15-16-11)10-6-4-3-5-7-10/h10,13H,2-9H2,1H3. The molecule has 0 amide bonds. The number of aromatic nitrogens is 2. The van der Waals surface area contributed by atoms with Gasteiger partial charge in [-0.15, -0.1) is 5.10 Å². The molecule has 1 aliphatic carbocycles. The van der Waals surface area contributed by atoms with E-state index in [4.69, 9.17) is 0 Å². The Hall–Kier alpha value is -0.480. The van der Waals surface area contributed by atoms with Crippen LogP contribution in [0.4, 0.5) is 0 Å². The van der Waals surface area contributed by atoms with Crippen LogP contribution < -0.4 is 5.32 Å². The van der Waals surface area contributed by atoms with E-state index in [9.17, 15) is 0 Å². The maximum absolute atomic E-state index is 4.35. The van der Waals surface area contributed by atoms with Gasteiger partial charge >= 0.3 is 0 Å². The summed E-state index contributed by atoms with van der Waals surface area (Å²) >= 11 is 1.57. The zero-order chi connectivity index (χ0) is 11.2. The van der Waals surface area contributed by atoms with Crippen LogP contribution in [0.15, 0.2) is 0 Å². The van der Waals surface area contributed by atoms with Crippen LogP contribution in [0.2, 0.25) is 0 Å². The van der Waals surface area contributed by atoms with Crippen molar-refractivity contribution >= 4 is 11.5 Å². The molecule has 1 saturated carbocycles. The molecule has 1 aromatic heterocycles. The van der Waals surface area contributed by atoms with Gasteiger partial charge in [-0.2, -0.15) is 0 Å². The molecule has 0 unspecified atom stereocenters. The van der Waals surface area contributed by atoms with Gasteiger partial charge in [0.1, 0.15) is 0 Å². The molecule has 2 rings (SSSR count). The molecule has 1 fully saturated rings. The van der Waals surface area contributed by atoms with Crippen molar-refractivity contribution in [3.05, 3.63) is 10.6 Å². The van der Waals surface area contributed by atoms with E-state index in [1.54, 1.807) is 11.5 Å². The Morgan fingerprint density at radius 2 is 2.12 bits per heavy atom. The van der Waals surface area contributed by atoms with E-state index in [0.29, 0.717) is 5.92 Å². The molecule has 0 spiro atoms. The van der Waals surface area contributed by atoms with E-state index >= 15 is 0 Å². The first-order valence-electron chi connectivity index (χ1n) is 6.43. The Labute approximate surface area is 102 Å². The van der Waals surface area contributed by atoms with Crippen LogP contribution in [-0.4, -0.2) is 16.1 Å². The molecular formula is C12H21N3S. The van der Waals surface area contributed by atoms with E-state index in [1.807, 2.05) is 0 Å². The summed E-state index contributed by atoms with van der Waals surface area (Å²) in [6.07, 6.45) is 7.94. The van der Waals surface area contributed by atoms with Gasteiger partial charge in [0.15, 0.2) is 0 Å². The van der Waals surface area contributed by atoms with Crippen molar-refractivity contribution in [3.63, 3.8) is 0 Å². The molecule has 0 saturated heterocycles. The van der Waals surface area contributed by atoms with Gasteiger partial charge in [-0.3, -0.25) is 0 Å². The molecule has 1 N–H and O–H groups in total. The fourth-order valence-electron chi connectivity index (χ4n) is 2.40. The van der Waals surface area contributed by atoms with Crippen molar-refractivity contribution in [1.82, 2.24) is 14.9 Å². The quantitative estimate of drug-likeness (QED) is 0.802. The van der Waals surface area contributed by atoms with Crippen LogP contribution in [0, 0.1) is 0 Å². The molecule has 0 bridgehead atoms. The van der Waals surface area contributed by atoms with Gasteiger partial charge in [-0.1, -0.05) is 30.7 Å². The molecule has 0 aliphatic heterocycles. The van der Waals surface area contributed by atoms with E-state index in [2.05, 4.69) is 21.8 Å². The first-order valence-corrected chi connectivity index (χ1v) is 7.21. The molecule has 0 aromatic carbocycles. The highest BCUT2D eigenvalue weighted by atomic mass is 32.1. The van der Waals surface area contributed by atoms with Crippen molar-refractivity contribution in [2.45, 2.75) is 57.9 Å². The van der Waals surface area contributed by atoms with Crippen LogP contribution >= 0.6 is 11.5 Å². The highest BCUT2D eigenvalue weighted by Gasteiger charge is 2.21. The largest absolute Gasteiger partial charge is 0.312 e. The Balaban J connectivity index is 1.94. The topological polar surface area (TPSA) is 37.8 Å². The third-order valence-electron chi connectivity index (χ3n) is 3.29. The van der Waals surface area contributed by atoms with Gasteiger partial charge in [0.05, 0.1) is 10.6 Å². The summed E-state index contributed by atoms with van der Waals surface area (Å²) in [6.45, 7) is 4.24. The Morgan fingerprint density at radius 3 is 2.88 bits per heavy atom. The summed E-state index contributed by atoms with van der Waals surface area (Å²) in [5, 5.41) is 7.79. The Bertz CT molecular complexity index is 305. The molecule has 0 atom stereocenters. The normalized spacial score (nSPS) is 17.8. The van der Waals surface area contributed by atoms with E-state index < -0.39 is 0 Å². The minimum atomic E-state index is 0.686. The summed E-state index contributed by atoms with van der Waals surface area (Å²) in [6, 6.07) is 0. The lowest BCUT2D eigenvalue weighted by atomic mass is 9.86. The molecule has 1 aromatic rings.